The smallest absolute Gasteiger partial charge is 0.219 e. The Morgan fingerprint density at radius 1 is 1.39 bits per heavy atom. The zero-order chi connectivity index (χ0) is 13.3. The lowest BCUT2D eigenvalue weighted by molar-refractivity contribution is -0.140. The van der Waals surface area contributed by atoms with E-state index in [9.17, 15) is 15.0 Å². The molecule has 18 heavy (non-hydrogen) atoms. The van der Waals surface area contributed by atoms with Gasteiger partial charge in [0.1, 0.15) is 0 Å². The fourth-order valence-electron chi connectivity index (χ4n) is 2.78. The molecule has 1 aromatic carbocycles. The van der Waals surface area contributed by atoms with Crippen molar-refractivity contribution in [3.05, 3.63) is 35.4 Å². The lowest BCUT2D eigenvalue weighted by atomic mass is 9.92. The lowest BCUT2D eigenvalue weighted by Gasteiger charge is -2.24. The summed E-state index contributed by atoms with van der Waals surface area (Å²) in [6, 6.07) is 7.55. The number of amides is 1. The number of carbonyl (C=O) groups excluding carboxylic acids is 1. The van der Waals surface area contributed by atoms with Crippen LogP contribution in [0.4, 0.5) is 0 Å². The molecular weight excluding hydrogens is 230 g/mol. The fourth-order valence-corrected chi connectivity index (χ4v) is 2.78. The van der Waals surface area contributed by atoms with Crippen LogP contribution >= 0.6 is 0 Å². The topological polar surface area (TPSA) is 60.8 Å². The third-order valence-electron chi connectivity index (χ3n) is 3.72. The molecule has 0 aromatic heterocycles. The van der Waals surface area contributed by atoms with Gasteiger partial charge < -0.3 is 15.1 Å². The van der Waals surface area contributed by atoms with Crippen LogP contribution < -0.4 is 0 Å². The van der Waals surface area contributed by atoms with Gasteiger partial charge in [0.25, 0.3) is 0 Å². The van der Waals surface area contributed by atoms with E-state index in [0.717, 1.165) is 0 Å². The van der Waals surface area contributed by atoms with Crippen molar-refractivity contribution in [3.8, 4) is 0 Å². The maximum absolute atomic E-state index is 11.5. The van der Waals surface area contributed by atoms with Crippen LogP contribution in [-0.4, -0.2) is 39.9 Å². The van der Waals surface area contributed by atoms with E-state index in [-0.39, 0.29) is 11.8 Å². The number of aryl methyl sites for hydroxylation is 1. The van der Waals surface area contributed by atoms with Gasteiger partial charge in [-0.05, 0) is 24.5 Å². The second kappa shape index (κ2) is 5.08. The van der Waals surface area contributed by atoms with Gasteiger partial charge in [-0.15, -0.1) is 0 Å². The molecule has 0 unspecified atom stereocenters. The molecule has 4 nitrogen and oxygen atoms in total. The monoisotopic (exact) mass is 249 g/mol. The Morgan fingerprint density at radius 3 is 2.56 bits per heavy atom. The fraction of sp³-hybridized carbons (Fsp3) is 0.500. The van der Waals surface area contributed by atoms with Gasteiger partial charge in [0.2, 0.25) is 5.91 Å². The average Bonchev–Trinajstić information content (AvgIpc) is 2.74. The minimum Gasteiger partial charge on any atom is -0.366 e. The predicted octanol–water partition coefficient (Wildman–Crippen LogP) is 1.01. The molecule has 1 heterocycles. The molecule has 0 aliphatic carbocycles. The van der Waals surface area contributed by atoms with Gasteiger partial charge in [0, 0.05) is 19.4 Å². The summed E-state index contributed by atoms with van der Waals surface area (Å²) in [5.74, 6) is 0.0751. The highest BCUT2D eigenvalue weighted by molar-refractivity contribution is 5.74. The summed E-state index contributed by atoms with van der Waals surface area (Å²) >= 11 is 0. The molecule has 0 spiro atoms. The van der Waals surface area contributed by atoms with Crippen LogP contribution in [0.15, 0.2) is 24.3 Å². The van der Waals surface area contributed by atoms with E-state index in [4.69, 9.17) is 0 Å². The second-order valence-corrected chi connectivity index (χ2v) is 4.94. The predicted molar refractivity (Wildman–Crippen MR) is 67.9 cm³/mol. The summed E-state index contributed by atoms with van der Waals surface area (Å²) < 4.78 is 0. The number of rotatable bonds is 2. The van der Waals surface area contributed by atoms with Crippen LogP contribution in [0, 0.1) is 6.92 Å². The minimum atomic E-state index is -1.47. The van der Waals surface area contributed by atoms with Crippen molar-refractivity contribution in [2.75, 3.05) is 6.54 Å². The molecule has 1 aliphatic rings. The van der Waals surface area contributed by atoms with Crippen molar-refractivity contribution in [1.82, 2.24) is 4.90 Å². The molecule has 4 heteroatoms. The summed E-state index contributed by atoms with van der Waals surface area (Å²) in [4.78, 5) is 13.1. The van der Waals surface area contributed by atoms with Crippen molar-refractivity contribution in [1.29, 1.82) is 0 Å². The van der Waals surface area contributed by atoms with Gasteiger partial charge in [0.05, 0.1) is 6.04 Å². The van der Waals surface area contributed by atoms with E-state index in [2.05, 4.69) is 0 Å². The van der Waals surface area contributed by atoms with Crippen molar-refractivity contribution in [2.24, 2.45) is 0 Å². The van der Waals surface area contributed by atoms with Gasteiger partial charge in [-0.2, -0.15) is 0 Å². The summed E-state index contributed by atoms with van der Waals surface area (Å²) in [5.41, 5.74) is 2.37. The Balaban J connectivity index is 2.24. The normalized spacial score (nSPS) is 23.7. The quantitative estimate of drug-likeness (QED) is 0.769. The summed E-state index contributed by atoms with van der Waals surface area (Å²) in [6.45, 7) is 4.06. The van der Waals surface area contributed by atoms with E-state index in [1.807, 2.05) is 31.2 Å². The van der Waals surface area contributed by atoms with Gasteiger partial charge >= 0.3 is 0 Å². The largest absolute Gasteiger partial charge is 0.366 e. The average molecular weight is 249 g/mol. The van der Waals surface area contributed by atoms with E-state index < -0.39 is 12.3 Å². The van der Waals surface area contributed by atoms with Crippen LogP contribution in [-0.2, 0) is 4.79 Å². The van der Waals surface area contributed by atoms with Crippen LogP contribution in [0.3, 0.4) is 0 Å². The van der Waals surface area contributed by atoms with Crippen molar-refractivity contribution < 1.29 is 15.0 Å². The third-order valence-corrected chi connectivity index (χ3v) is 3.72. The molecule has 1 fully saturated rings. The van der Waals surface area contributed by atoms with Gasteiger partial charge in [0.15, 0.2) is 6.29 Å². The first-order valence-electron chi connectivity index (χ1n) is 6.19. The number of likely N-dealkylation sites (tertiary alicyclic amines) is 1. The Bertz CT molecular complexity index is 444. The van der Waals surface area contributed by atoms with Crippen molar-refractivity contribution in [2.45, 2.75) is 38.5 Å². The zero-order valence-corrected chi connectivity index (χ0v) is 10.7. The lowest BCUT2D eigenvalue weighted by Crippen LogP contribution is -2.41. The first kappa shape index (κ1) is 13.1. The number of carbonyl (C=O) groups is 1. The van der Waals surface area contributed by atoms with Crippen LogP contribution in [0.2, 0.25) is 0 Å². The highest BCUT2D eigenvalue weighted by Gasteiger charge is 2.38. The van der Waals surface area contributed by atoms with Gasteiger partial charge in [-0.3, -0.25) is 4.79 Å². The van der Waals surface area contributed by atoms with Crippen LogP contribution in [0.1, 0.15) is 30.4 Å². The minimum absolute atomic E-state index is 0.107. The molecule has 2 N–H and O–H groups in total. The molecular formula is C14H19NO3. The zero-order valence-electron chi connectivity index (χ0n) is 10.7. The molecule has 2 atom stereocenters. The number of benzene rings is 1. The Kier molecular flexibility index (Phi) is 3.68. The van der Waals surface area contributed by atoms with Crippen LogP contribution in [0.25, 0.3) is 0 Å². The van der Waals surface area contributed by atoms with E-state index in [0.29, 0.717) is 13.0 Å². The number of aliphatic hydroxyl groups excluding tert-OH is 1. The molecule has 0 saturated carbocycles. The van der Waals surface area contributed by atoms with E-state index >= 15 is 0 Å². The molecule has 0 bridgehead atoms. The standard InChI is InChI=1S/C14H19NO3/c1-9-5-3-4-6-12(9)11-7-13(14(17)18)15(8-11)10(2)16/h3-6,11,13-14,17-18H,7-8H2,1-2H3/t11-,13-/m0/s1. The number of nitrogens with zero attached hydrogens (tertiary/aromatic N) is 1. The number of hydrogen-bond acceptors (Lipinski definition) is 3. The highest BCUT2D eigenvalue weighted by atomic mass is 16.5. The summed E-state index contributed by atoms with van der Waals surface area (Å²) in [6.07, 6.45) is -0.870. The van der Waals surface area contributed by atoms with Crippen LogP contribution in [0.5, 0.6) is 0 Å². The third kappa shape index (κ3) is 2.40. The van der Waals surface area contributed by atoms with Gasteiger partial charge in [-0.1, -0.05) is 24.3 Å². The SMILES string of the molecule is CC(=O)N1C[C@@H](c2ccccc2C)C[C@H]1C(O)O. The number of hydrogen-bond donors (Lipinski definition) is 2. The molecule has 1 aromatic rings. The molecule has 2 rings (SSSR count). The Labute approximate surface area is 107 Å². The molecule has 1 amide bonds. The summed E-state index contributed by atoms with van der Waals surface area (Å²) in [7, 11) is 0. The van der Waals surface area contributed by atoms with E-state index in [1.54, 1.807) is 4.90 Å². The Hall–Kier alpha value is -1.39. The maximum atomic E-state index is 11.5. The molecule has 98 valence electrons. The maximum Gasteiger partial charge on any atom is 0.219 e. The molecule has 1 aliphatic heterocycles. The second-order valence-electron chi connectivity index (χ2n) is 4.94. The first-order chi connectivity index (χ1) is 8.50. The number of aliphatic hydroxyl groups is 2. The Morgan fingerprint density at radius 2 is 2.06 bits per heavy atom. The summed E-state index contributed by atoms with van der Waals surface area (Å²) in [5, 5.41) is 18.7. The first-order valence-corrected chi connectivity index (χ1v) is 6.19. The molecule has 1 saturated heterocycles. The van der Waals surface area contributed by atoms with E-state index in [1.165, 1.54) is 18.1 Å². The van der Waals surface area contributed by atoms with Gasteiger partial charge in [-0.25, -0.2) is 0 Å². The highest BCUT2D eigenvalue weighted by Crippen LogP contribution is 2.34. The molecule has 0 radical (unpaired) electrons. The van der Waals surface area contributed by atoms with Crippen molar-refractivity contribution >= 4 is 5.91 Å². The van der Waals surface area contributed by atoms with Crippen molar-refractivity contribution in [3.63, 3.8) is 0 Å².